The first kappa shape index (κ1) is 12.9. The molecule has 2 heterocycles. The van der Waals surface area contributed by atoms with Gasteiger partial charge in [-0.05, 0) is 30.4 Å². The summed E-state index contributed by atoms with van der Waals surface area (Å²) < 4.78 is 0. The van der Waals surface area contributed by atoms with E-state index in [-0.39, 0.29) is 6.03 Å². The van der Waals surface area contributed by atoms with Crippen LogP contribution in [-0.2, 0) is 0 Å². The minimum Gasteiger partial charge on any atom is -0.324 e. The molecule has 0 N–H and O–H groups in total. The predicted octanol–water partition coefficient (Wildman–Crippen LogP) is 2.86. The molecule has 0 bridgehead atoms. The summed E-state index contributed by atoms with van der Waals surface area (Å²) >= 11 is 0. The molecule has 1 aromatic heterocycles. The van der Waals surface area contributed by atoms with Gasteiger partial charge in [0, 0.05) is 26.3 Å². The molecule has 0 spiro atoms. The molecule has 1 aliphatic rings. The van der Waals surface area contributed by atoms with Crippen LogP contribution in [-0.4, -0.2) is 36.1 Å². The first-order chi connectivity index (χ1) is 8.59. The van der Waals surface area contributed by atoms with Crippen LogP contribution < -0.4 is 4.90 Å². The fourth-order valence-electron chi connectivity index (χ4n) is 2.16. The molecule has 0 unspecified atom stereocenters. The molecule has 0 atom stereocenters. The third-order valence-corrected chi connectivity index (χ3v) is 3.44. The molecule has 1 aromatic rings. The average Bonchev–Trinajstić information content (AvgIpc) is 2.91. The van der Waals surface area contributed by atoms with E-state index in [0.29, 0.717) is 5.92 Å². The second-order valence-electron chi connectivity index (χ2n) is 5.14. The van der Waals surface area contributed by atoms with Crippen LogP contribution in [0.4, 0.5) is 10.6 Å². The lowest BCUT2D eigenvalue weighted by Gasteiger charge is -2.23. The lowest BCUT2D eigenvalue weighted by Crippen LogP contribution is -2.39. The van der Waals surface area contributed by atoms with Crippen LogP contribution >= 0.6 is 0 Å². The van der Waals surface area contributed by atoms with Gasteiger partial charge in [-0.2, -0.15) is 0 Å². The third-order valence-electron chi connectivity index (χ3n) is 3.44. The summed E-state index contributed by atoms with van der Waals surface area (Å²) in [4.78, 5) is 20.1. The highest BCUT2D eigenvalue weighted by Gasteiger charge is 2.22. The van der Waals surface area contributed by atoms with E-state index in [4.69, 9.17) is 0 Å². The number of carbonyl (C=O) groups excluding carboxylic acids is 1. The van der Waals surface area contributed by atoms with Crippen molar-refractivity contribution in [1.82, 2.24) is 9.88 Å². The number of rotatable bonds is 2. The lowest BCUT2D eigenvalue weighted by molar-refractivity contribution is 0.216. The van der Waals surface area contributed by atoms with Crippen LogP contribution in [0.15, 0.2) is 18.3 Å². The van der Waals surface area contributed by atoms with Gasteiger partial charge in [0.05, 0.1) is 0 Å². The summed E-state index contributed by atoms with van der Waals surface area (Å²) in [6.07, 6.45) is 4.08. The van der Waals surface area contributed by atoms with Gasteiger partial charge in [0.15, 0.2) is 0 Å². The summed E-state index contributed by atoms with van der Waals surface area (Å²) in [7, 11) is 1.79. The number of pyridine rings is 1. The number of urea groups is 1. The highest BCUT2D eigenvalue weighted by atomic mass is 16.2. The third kappa shape index (κ3) is 2.63. The zero-order valence-corrected chi connectivity index (χ0v) is 11.4. The zero-order chi connectivity index (χ0) is 13.1. The van der Waals surface area contributed by atoms with Crippen molar-refractivity contribution in [3.05, 3.63) is 23.9 Å². The molecule has 1 aliphatic heterocycles. The average molecular weight is 247 g/mol. The number of hydrogen-bond acceptors (Lipinski definition) is 2. The minimum atomic E-state index is 0.0531. The van der Waals surface area contributed by atoms with E-state index in [1.54, 1.807) is 11.9 Å². The van der Waals surface area contributed by atoms with Gasteiger partial charge in [-0.25, -0.2) is 9.78 Å². The highest BCUT2D eigenvalue weighted by molar-refractivity contribution is 5.90. The van der Waals surface area contributed by atoms with Gasteiger partial charge in [0.2, 0.25) is 0 Å². The Kier molecular flexibility index (Phi) is 3.84. The molecule has 98 valence electrons. The van der Waals surface area contributed by atoms with Crippen molar-refractivity contribution in [2.75, 3.05) is 25.0 Å². The van der Waals surface area contributed by atoms with Crippen molar-refractivity contribution >= 4 is 11.8 Å². The van der Waals surface area contributed by atoms with Crippen molar-refractivity contribution in [3.63, 3.8) is 0 Å². The van der Waals surface area contributed by atoms with Crippen molar-refractivity contribution in [3.8, 4) is 0 Å². The van der Waals surface area contributed by atoms with Gasteiger partial charge in [0.1, 0.15) is 5.82 Å². The standard InChI is InChI=1S/C14H21N3O/c1-11(2)12-6-7-13(15-10-12)16(3)14(18)17-8-4-5-9-17/h6-7,10-11H,4-5,8-9H2,1-3H3. The van der Waals surface area contributed by atoms with Gasteiger partial charge in [-0.15, -0.1) is 0 Å². The topological polar surface area (TPSA) is 36.4 Å². The molecule has 0 saturated carbocycles. The number of hydrogen-bond donors (Lipinski definition) is 0. The van der Waals surface area contributed by atoms with Crippen LogP contribution in [0, 0.1) is 0 Å². The van der Waals surface area contributed by atoms with E-state index in [2.05, 4.69) is 18.8 Å². The summed E-state index contributed by atoms with van der Waals surface area (Å²) in [5.74, 6) is 1.18. The first-order valence-electron chi connectivity index (χ1n) is 6.58. The van der Waals surface area contributed by atoms with E-state index < -0.39 is 0 Å². The SMILES string of the molecule is CC(C)c1ccc(N(C)C(=O)N2CCCC2)nc1. The van der Waals surface area contributed by atoms with Crippen molar-refractivity contribution in [1.29, 1.82) is 0 Å². The normalized spacial score (nSPS) is 15.2. The van der Waals surface area contributed by atoms with Gasteiger partial charge in [-0.3, -0.25) is 4.90 Å². The van der Waals surface area contributed by atoms with Crippen molar-refractivity contribution in [2.24, 2.45) is 0 Å². The Hall–Kier alpha value is -1.58. The van der Waals surface area contributed by atoms with Crippen LogP contribution in [0.3, 0.4) is 0 Å². The lowest BCUT2D eigenvalue weighted by atomic mass is 10.1. The summed E-state index contributed by atoms with van der Waals surface area (Å²) in [5.41, 5.74) is 1.20. The molecular weight excluding hydrogens is 226 g/mol. The quantitative estimate of drug-likeness (QED) is 0.805. The van der Waals surface area contributed by atoms with Crippen LogP contribution in [0.1, 0.15) is 38.2 Å². The second kappa shape index (κ2) is 5.38. The molecule has 4 heteroatoms. The maximum absolute atomic E-state index is 12.2. The molecule has 4 nitrogen and oxygen atoms in total. The van der Waals surface area contributed by atoms with E-state index in [0.717, 1.165) is 31.7 Å². The van der Waals surface area contributed by atoms with Crippen molar-refractivity contribution < 1.29 is 4.79 Å². The van der Waals surface area contributed by atoms with E-state index in [9.17, 15) is 4.79 Å². The number of nitrogens with zero attached hydrogens (tertiary/aromatic N) is 3. The Labute approximate surface area is 109 Å². The van der Waals surface area contributed by atoms with E-state index in [1.807, 2.05) is 23.2 Å². The van der Waals surface area contributed by atoms with Gasteiger partial charge >= 0.3 is 6.03 Å². The predicted molar refractivity (Wildman–Crippen MR) is 72.9 cm³/mol. The number of amides is 2. The molecule has 1 fully saturated rings. The van der Waals surface area contributed by atoms with Crippen LogP contribution in [0.25, 0.3) is 0 Å². The van der Waals surface area contributed by atoms with E-state index >= 15 is 0 Å². The Morgan fingerprint density at radius 1 is 1.33 bits per heavy atom. The minimum absolute atomic E-state index is 0.0531. The maximum Gasteiger partial charge on any atom is 0.325 e. The Morgan fingerprint density at radius 3 is 2.50 bits per heavy atom. The fourth-order valence-corrected chi connectivity index (χ4v) is 2.16. The number of likely N-dealkylation sites (tertiary alicyclic amines) is 1. The molecule has 0 aromatic carbocycles. The molecule has 0 radical (unpaired) electrons. The largest absolute Gasteiger partial charge is 0.325 e. The smallest absolute Gasteiger partial charge is 0.324 e. The summed E-state index contributed by atoms with van der Waals surface area (Å²) in [5, 5.41) is 0. The van der Waals surface area contributed by atoms with Crippen LogP contribution in [0.2, 0.25) is 0 Å². The molecule has 0 aliphatic carbocycles. The van der Waals surface area contributed by atoms with Gasteiger partial charge in [-0.1, -0.05) is 19.9 Å². The number of aromatic nitrogens is 1. The first-order valence-corrected chi connectivity index (χ1v) is 6.58. The Bertz CT molecular complexity index is 408. The Balaban J connectivity index is 2.08. The molecular formula is C14H21N3O. The highest BCUT2D eigenvalue weighted by Crippen LogP contribution is 2.18. The molecule has 18 heavy (non-hydrogen) atoms. The molecule has 2 amide bonds. The Morgan fingerprint density at radius 2 is 2.00 bits per heavy atom. The second-order valence-corrected chi connectivity index (χ2v) is 5.14. The monoisotopic (exact) mass is 247 g/mol. The fraction of sp³-hybridized carbons (Fsp3) is 0.571. The molecule has 2 rings (SSSR count). The molecule has 1 saturated heterocycles. The number of anilines is 1. The zero-order valence-electron chi connectivity index (χ0n) is 11.4. The van der Waals surface area contributed by atoms with Crippen molar-refractivity contribution in [2.45, 2.75) is 32.6 Å². The maximum atomic E-state index is 12.2. The van der Waals surface area contributed by atoms with Gasteiger partial charge in [0.25, 0.3) is 0 Å². The summed E-state index contributed by atoms with van der Waals surface area (Å²) in [6.45, 7) is 6.01. The van der Waals surface area contributed by atoms with Gasteiger partial charge < -0.3 is 4.90 Å². The number of carbonyl (C=O) groups is 1. The van der Waals surface area contributed by atoms with E-state index in [1.165, 1.54) is 5.56 Å². The van der Waals surface area contributed by atoms with Crippen LogP contribution in [0.5, 0.6) is 0 Å². The summed E-state index contributed by atoms with van der Waals surface area (Å²) in [6, 6.07) is 4.02.